The number of ketones is 1. The summed E-state index contributed by atoms with van der Waals surface area (Å²) in [4.78, 5) is 14.8. The molecular weight excluding hydrogens is 484 g/mol. The Hall–Kier alpha value is -1.23. The molecule has 1 aliphatic heterocycles. The van der Waals surface area contributed by atoms with Crippen molar-refractivity contribution < 1.29 is 30.8 Å². The van der Waals surface area contributed by atoms with Crippen molar-refractivity contribution in [3.8, 4) is 0 Å². The van der Waals surface area contributed by atoms with E-state index in [0.717, 1.165) is 12.1 Å². The number of benzene rings is 1. The molecule has 3 rings (SSSR count). The van der Waals surface area contributed by atoms with Crippen molar-refractivity contribution in [3.63, 3.8) is 0 Å². The van der Waals surface area contributed by atoms with Gasteiger partial charge in [-0.15, -0.1) is 0 Å². The Bertz CT molecular complexity index is 972. The molecular formula is C22H29ClF4N2O3S. The fourth-order valence-corrected chi connectivity index (χ4v) is 6.60. The molecule has 1 aromatic rings. The van der Waals surface area contributed by atoms with E-state index in [1.165, 1.54) is 4.31 Å². The molecule has 1 saturated heterocycles. The Morgan fingerprint density at radius 1 is 1.03 bits per heavy atom. The molecule has 11 heteroatoms. The van der Waals surface area contributed by atoms with Gasteiger partial charge in [0.05, 0.1) is 10.8 Å². The molecule has 1 aromatic carbocycles. The van der Waals surface area contributed by atoms with E-state index in [2.05, 4.69) is 0 Å². The summed E-state index contributed by atoms with van der Waals surface area (Å²) in [5, 5.41) is -0.196. The molecule has 1 heterocycles. The van der Waals surface area contributed by atoms with E-state index < -0.39 is 38.9 Å². The van der Waals surface area contributed by atoms with Gasteiger partial charge in [-0.25, -0.2) is 26.0 Å². The molecule has 2 aliphatic rings. The lowest BCUT2D eigenvalue weighted by Gasteiger charge is -2.51. The molecule has 33 heavy (non-hydrogen) atoms. The van der Waals surface area contributed by atoms with Crippen molar-refractivity contribution >= 4 is 27.4 Å². The third kappa shape index (κ3) is 6.07. The van der Waals surface area contributed by atoms with Gasteiger partial charge in [0.15, 0.2) is 17.4 Å². The average Bonchev–Trinajstić information content (AvgIpc) is 2.76. The number of carbonyl (C=O) groups is 1. The molecule has 0 atom stereocenters. The molecule has 0 N–H and O–H groups in total. The Kier molecular flexibility index (Phi) is 8.13. The monoisotopic (exact) mass is 512 g/mol. The summed E-state index contributed by atoms with van der Waals surface area (Å²) in [6.07, 6.45) is 0.393. The summed E-state index contributed by atoms with van der Waals surface area (Å²) in [6.45, 7) is 3.09. The van der Waals surface area contributed by atoms with E-state index in [0.29, 0.717) is 19.5 Å². The van der Waals surface area contributed by atoms with Gasteiger partial charge in [0.25, 0.3) is 0 Å². The van der Waals surface area contributed by atoms with Crippen LogP contribution >= 0.6 is 11.6 Å². The van der Waals surface area contributed by atoms with Crippen molar-refractivity contribution in [1.29, 1.82) is 0 Å². The standard InChI is InChI=1S/C22H29ClF4N2O3S/c1-2-13-33(31,32)29-11-9-28(10-12-29)21(5-7-22(26,27)8-6-21)4-3-20(30)16-14-18(24)19(25)15-17(16)23/h14-15H,2-13H2,1H3. The second-order valence-electron chi connectivity index (χ2n) is 8.95. The Labute approximate surface area is 197 Å². The lowest BCUT2D eigenvalue weighted by Crippen LogP contribution is -2.60. The van der Waals surface area contributed by atoms with E-state index >= 15 is 0 Å². The number of rotatable bonds is 8. The fourth-order valence-electron chi connectivity index (χ4n) is 4.85. The third-order valence-corrected chi connectivity index (χ3v) is 9.19. The first-order valence-electron chi connectivity index (χ1n) is 11.2. The number of halogens is 5. The Morgan fingerprint density at radius 3 is 2.18 bits per heavy atom. The van der Waals surface area contributed by atoms with Crippen LogP contribution in [-0.2, 0) is 10.0 Å². The van der Waals surface area contributed by atoms with Gasteiger partial charge in [0.2, 0.25) is 15.9 Å². The maximum absolute atomic E-state index is 13.9. The van der Waals surface area contributed by atoms with Gasteiger partial charge in [-0.3, -0.25) is 9.69 Å². The highest BCUT2D eigenvalue weighted by Gasteiger charge is 2.47. The summed E-state index contributed by atoms with van der Waals surface area (Å²) in [5.74, 6) is -5.53. The molecule has 1 aliphatic carbocycles. The van der Waals surface area contributed by atoms with Crippen molar-refractivity contribution in [2.24, 2.45) is 0 Å². The maximum Gasteiger partial charge on any atom is 0.248 e. The number of alkyl halides is 2. The lowest BCUT2D eigenvalue weighted by molar-refractivity contribution is -0.0891. The highest BCUT2D eigenvalue weighted by Crippen LogP contribution is 2.44. The van der Waals surface area contributed by atoms with E-state index in [1.807, 2.05) is 4.90 Å². The van der Waals surface area contributed by atoms with Crippen LogP contribution in [0.2, 0.25) is 5.02 Å². The van der Waals surface area contributed by atoms with Crippen LogP contribution in [0.3, 0.4) is 0 Å². The quantitative estimate of drug-likeness (QED) is 0.283. The van der Waals surface area contributed by atoms with Gasteiger partial charge >= 0.3 is 0 Å². The molecule has 2 fully saturated rings. The van der Waals surface area contributed by atoms with Crippen LogP contribution in [-0.4, -0.2) is 66.8 Å². The molecule has 5 nitrogen and oxygen atoms in total. The second kappa shape index (κ2) is 10.2. The number of sulfonamides is 1. The molecule has 186 valence electrons. The second-order valence-corrected chi connectivity index (χ2v) is 11.4. The van der Waals surface area contributed by atoms with Crippen molar-refractivity contribution in [2.75, 3.05) is 31.9 Å². The average molecular weight is 513 g/mol. The number of carbonyl (C=O) groups excluding carboxylic acids is 1. The van der Waals surface area contributed by atoms with E-state index in [1.54, 1.807) is 6.92 Å². The number of nitrogens with zero attached hydrogens (tertiary/aromatic N) is 2. The summed E-state index contributed by atoms with van der Waals surface area (Å²) in [5.41, 5.74) is -0.828. The minimum absolute atomic E-state index is 0.0633. The number of piperazine rings is 1. The first kappa shape index (κ1) is 26.4. The van der Waals surface area contributed by atoms with Crippen LogP contribution in [0.1, 0.15) is 62.2 Å². The largest absolute Gasteiger partial charge is 0.295 e. The SMILES string of the molecule is CCCS(=O)(=O)N1CCN(C2(CCC(=O)c3cc(F)c(F)cc3Cl)CCC(F)(F)CC2)CC1. The first-order chi connectivity index (χ1) is 15.4. The van der Waals surface area contributed by atoms with Crippen molar-refractivity contribution in [2.45, 2.75) is 63.3 Å². The normalized spacial score (nSPS) is 21.8. The molecule has 0 radical (unpaired) electrons. The lowest BCUT2D eigenvalue weighted by atomic mass is 9.74. The van der Waals surface area contributed by atoms with Gasteiger partial charge in [0.1, 0.15) is 0 Å². The van der Waals surface area contributed by atoms with Gasteiger partial charge in [-0.05, 0) is 37.8 Å². The van der Waals surface area contributed by atoms with Crippen LogP contribution in [0.4, 0.5) is 17.6 Å². The maximum atomic E-state index is 13.9. The van der Waals surface area contributed by atoms with E-state index in [4.69, 9.17) is 11.6 Å². The zero-order valence-electron chi connectivity index (χ0n) is 18.6. The number of Topliss-reactive ketones (excluding diaryl/α,β-unsaturated/α-hetero) is 1. The summed E-state index contributed by atoms with van der Waals surface area (Å²) in [7, 11) is -3.35. The van der Waals surface area contributed by atoms with Crippen LogP contribution < -0.4 is 0 Å². The van der Waals surface area contributed by atoms with Gasteiger partial charge < -0.3 is 0 Å². The van der Waals surface area contributed by atoms with Crippen LogP contribution in [0.5, 0.6) is 0 Å². The van der Waals surface area contributed by atoms with Gasteiger partial charge in [-0.2, -0.15) is 4.31 Å². The van der Waals surface area contributed by atoms with Crippen LogP contribution in [0.25, 0.3) is 0 Å². The number of hydrogen-bond acceptors (Lipinski definition) is 4. The third-order valence-electron chi connectivity index (χ3n) is 6.80. The van der Waals surface area contributed by atoms with Crippen LogP contribution in [0, 0.1) is 11.6 Å². The molecule has 0 aromatic heterocycles. The highest BCUT2D eigenvalue weighted by molar-refractivity contribution is 7.89. The minimum Gasteiger partial charge on any atom is -0.295 e. The molecule has 1 saturated carbocycles. The smallest absolute Gasteiger partial charge is 0.248 e. The topological polar surface area (TPSA) is 57.7 Å². The Balaban J connectivity index is 1.74. The summed E-state index contributed by atoms with van der Waals surface area (Å²) < 4.78 is 81.1. The van der Waals surface area contributed by atoms with E-state index in [9.17, 15) is 30.8 Å². The zero-order valence-corrected chi connectivity index (χ0v) is 20.1. The molecule has 0 spiro atoms. The van der Waals surface area contributed by atoms with Gasteiger partial charge in [0, 0.05) is 56.5 Å². The Morgan fingerprint density at radius 2 is 1.61 bits per heavy atom. The first-order valence-corrected chi connectivity index (χ1v) is 13.2. The zero-order chi connectivity index (χ0) is 24.4. The highest BCUT2D eigenvalue weighted by atomic mass is 35.5. The van der Waals surface area contributed by atoms with E-state index in [-0.39, 0.29) is 68.0 Å². The molecule has 0 amide bonds. The van der Waals surface area contributed by atoms with Crippen molar-refractivity contribution in [1.82, 2.24) is 9.21 Å². The van der Waals surface area contributed by atoms with Crippen LogP contribution in [0.15, 0.2) is 12.1 Å². The number of hydrogen-bond donors (Lipinski definition) is 0. The summed E-state index contributed by atoms with van der Waals surface area (Å²) in [6, 6.07) is 1.51. The molecule has 0 unspecified atom stereocenters. The van der Waals surface area contributed by atoms with Crippen molar-refractivity contribution in [3.05, 3.63) is 34.4 Å². The molecule has 0 bridgehead atoms. The summed E-state index contributed by atoms with van der Waals surface area (Å²) >= 11 is 5.92. The predicted molar refractivity (Wildman–Crippen MR) is 118 cm³/mol. The minimum atomic E-state index is -3.35. The predicted octanol–water partition coefficient (Wildman–Crippen LogP) is 4.89. The fraction of sp³-hybridized carbons (Fsp3) is 0.682. The van der Waals surface area contributed by atoms with Gasteiger partial charge in [-0.1, -0.05) is 18.5 Å².